The van der Waals surface area contributed by atoms with Crippen LogP contribution in [0.5, 0.6) is 0 Å². The third-order valence-corrected chi connectivity index (χ3v) is 6.68. The predicted octanol–water partition coefficient (Wildman–Crippen LogP) is 3.23. The Kier molecular flexibility index (Phi) is 7.57. The summed E-state index contributed by atoms with van der Waals surface area (Å²) in [5.41, 5.74) is 8.32. The zero-order valence-electron chi connectivity index (χ0n) is 20.7. The molecule has 0 unspecified atom stereocenters. The standard InChI is InChI=1S/C27H33N5O4/c1-18(2)15-32(21-14-20(24(28)33)16-30(17-21)27(35)36)26(34)25-29-22-10-6-7-11-23(22)31(25)13-12-19-8-4-3-5-9-19/h3-11,18,20-21H,12-17H2,1-2H3,(H2,28,33)(H,35,36)/t20-,21+/m1/s1. The number of carbonyl (C=O) groups excluding carboxylic acids is 2. The Morgan fingerprint density at radius 2 is 1.78 bits per heavy atom. The summed E-state index contributed by atoms with van der Waals surface area (Å²) >= 11 is 0. The molecule has 2 atom stereocenters. The molecule has 1 aromatic heterocycles. The quantitative estimate of drug-likeness (QED) is 0.501. The molecule has 1 fully saturated rings. The zero-order chi connectivity index (χ0) is 25.8. The molecule has 3 aromatic rings. The number of carboxylic acid groups (broad SMARTS) is 1. The SMILES string of the molecule is CC(C)CN(C(=O)c1nc2ccccc2n1CCc1ccccc1)[C@H]1C[C@@H](C(N)=O)CN(C(=O)O)C1. The van der Waals surface area contributed by atoms with Gasteiger partial charge in [0, 0.05) is 26.2 Å². The first-order valence-electron chi connectivity index (χ1n) is 12.3. The van der Waals surface area contributed by atoms with E-state index in [9.17, 15) is 19.5 Å². The van der Waals surface area contributed by atoms with Crippen LogP contribution in [0, 0.1) is 11.8 Å². The molecule has 36 heavy (non-hydrogen) atoms. The van der Waals surface area contributed by atoms with Gasteiger partial charge in [0.25, 0.3) is 5.91 Å². The number of likely N-dealkylation sites (tertiary alicyclic amines) is 1. The number of rotatable bonds is 8. The molecule has 1 aliphatic heterocycles. The lowest BCUT2D eigenvalue weighted by atomic mass is 9.92. The highest BCUT2D eigenvalue weighted by Gasteiger charge is 2.38. The summed E-state index contributed by atoms with van der Waals surface area (Å²) < 4.78 is 1.95. The minimum absolute atomic E-state index is 0.0421. The van der Waals surface area contributed by atoms with Crippen LogP contribution < -0.4 is 5.73 Å². The van der Waals surface area contributed by atoms with Crippen LogP contribution >= 0.6 is 0 Å². The van der Waals surface area contributed by atoms with Gasteiger partial charge in [-0.15, -0.1) is 0 Å². The number of hydrogen-bond acceptors (Lipinski definition) is 4. The molecule has 9 nitrogen and oxygen atoms in total. The number of nitrogens with two attached hydrogens (primary N) is 1. The van der Waals surface area contributed by atoms with Crippen molar-refractivity contribution in [3.8, 4) is 0 Å². The van der Waals surface area contributed by atoms with Crippen molar-refractivity contribution >= 4 is 28.9 Å². The summed E-state index contributed by atoms with van der Waals surface area (Å²) in [5, 5.41) is 9.65. The smallest absolute Gasteiger partial charge is 0.407 e. The van der Waals surface area contributed by atoms with Crippen LogP contribution in [-0.2, 0) is 17.8 Å². The maximum atomic E-state index is 14.1. The monoisotopic (exact) mass is 491 g/mol. The molecule has 2 aromatic carbocycles. The van der Waals surface area contributed by atoms with E-state index >= 15 is 0 Å². The number of piperidine rings is 1. The van der Waals surface area contributed by atoms with Crippen LogP contribution in [0.15, 0.2) is 54.6 Å². The van der Waals surface area contributed by atoms with E-state index in [-0.39, 0.29) is 24.9 Å². The van der Waals surface area contributed by atoms with Crippen LogP contribution in [0.2, 0.25) is 0 Å². The lowest BCUT2D eigenvalue weighted by molar-refractivity contribution is -0.124. The molecule has 0 spiro atoms. The van der Waals surface area contributed by atoms with Crippen molar-refractivity contribution in [1.29, 1.82) is 0 Å². The van der Waals surface area contributed by atoms with Crippen molar-refractivity contribution in [2.45, 2.75) is 39.3 Å². The van der Waals surface area contributed by atoms with Gasteiger partial charge in [-0.05, 0) is 36.5 Å². The number of primary amides is 1. The molecule has 1 aliphatic rings. The van der Waals surface area contributed by atoms with Crippen molar-refractivity contribution < 1.29 is 19.5 Å². The number of hydrogen-bond donors (Lipinski definition) is 2. The molecule has 0 saturated carbocycles. The zero-order valence-corrected chi connectivity index (χ0v) is 20.7. The molecule has 9 heteroatoms. The lowest BCUT2D eigenvalue weighted by Gasteiger charge is -2.41. The van der Waals surface area contributed by atoms with E-state index in [1.54, 1.807) is 4.90 Å². The highest BCUT2D eigenvalue weighted by atomic mass is 16.4. The normalized spacial score (nSPS) is 17.9. The Bertz CT molecular complexity index is 1220. The number of nitrogens with zero attached hydrogens (tertiary/aromatic N) is 4. The summed E-state index contributed by atoms with van der Waals surface area (Å²) in [5.74, 6) is -1.04. The fraction of sp³-hybridized carbons (Fsp3) is 0.407. The second-order valence-corrected chi connectivity index (χ2v) is 9.84. The van der Waals surface area contributed by atoms with E-state index in [4.69, 9.17) is 10.7 Å². The maximum absolute atomic E-state index is 14.1. The predicted molar refractivity (Wildman–Crippen MR) is 136 cm³/mol. The molecule has 0 radical (unpaired) electrons. The first-order chi connectivity index (χ1) is 17.2. The summed E-state index contributed by atoms with van der Waals surface area (Å²) in [4.78, 5) is 45.5. The summed E-state index contributed by atoms with van der Waals surface area (Å²) in [6.45, 7) is 5.15. The van der Waals surface area contributed by atoms with E-state index in [1.807, 2.05) is 60.9 Å². The third-order valence-electron chi connectivity index (χ3n) is 6.68. The minimum atomic E-state index is -1.13. The highest BCUT2D eigenvalue weighted by Crippen LogP contribution is 2.25. The third kappa shape index (κ3) is 5.50. The van der Waals surface area contributed by atoms with Gasteiger partial charge in [0.1, 0.15) is 0 Å². The molecule has 190 valence electrons. The highest BCUT2D eigenvalue weighted by molar-refractivity contribution is 5.95. The van der Waals surface area contributed by atoms with Crippen molar-refractivity contribution in [3.05, 3.63) is 66.0 Å². The Morgan fingerprint density at radius 3 is 2.44 bits per heavy atom. The van der Waals surface area contributed by atoms with Crippen molar-refractivity contribution in [3.63, 3.8) is 0 Å². The fourth-order valence-corrected chi connectivity index (χ4v) is 4.93. The molecular weight excluding hydrogens is 458 g/mol. The van der Waals surface area contributed by atoms with E-state index in [0.717, 1.165) is 23.0 Å². The van der Waals surface area contributed by atoms with Gasteiger partial charge in [-0.1, -0.05) is 56.3 Å². The van der Waals surface area contributed by atoms with Gasteiger partial charge < -0.3 is 25.2 Å². The molecule has 3 amide bonds. The van der Waals surface area contributed by atoms with E-state index in [1.165, 1.54) is 4.90 Å². The average Bonchev–Trinajstić information content (AvgIpc) is 3.24. The number of amides is 3. The molecule has 2 heterocycles. The van der Waals surface area contributed by atoms with Crippen molar-refractivity contribution in [1.82, 2.24) is 19.4 Å². The van der Waals surface area contributed by atoms with Crippen LogP contribution in [0.1, 0.15) is 36.5 Å². The second kappa shape index (κ2) is 10.8. The molecule has 1 saturated heterocycles. The lowest BCUT2D eigenvalue weighted by Crippen LogP contribution is -2.56. The summed E-state index contributed by atoms with van der Waals surface area (Å²) in [6.07, 6.45) is -0.0778. The molecule has 0 aliphatic carbocycles. The maximum Gasteiger partial charge on any atom is 0.407 e. The Labute approximate surface area is 210 Å². The molecule has 3 N–H and O–H groups in total. The van der Waals surface area contributed by atoms with Crippen LogP contribution in [-0.4, -0.2) is 68.0 Å². The van der Waals surface area contributed by atoms with Crippen LogP contribution in [0.3, 0.4) is 0 Å². The molecular formula is C27H33N5O4. The van der Waals surface area contributed by atoms with Crippen LogP contribution in [0.25, 0.3) is 11.0 Å². The van der Waals surface area contributed by atoms with Gasteiger partial charge in [0.15, 0.2) is 5.82 Å². The van der Waals surface area contributed by atoms with Gasteiger partial charge in [-0.3, -0.25) is 9.59 Å². The number of aromatic nitrogens is 2. The number of aryl methyl sites for hydroxylation is 2. The first kappa shape index (κ1) is 25.2. The van der Waals surface area contributed by atoms with Crippen LogP contribution in [0.4, 0.5) is 4.79 Å². The van der Waals surface area contributed by atoms with E-state index in [0.29, 0.717) is 25.3 Å². The van der Waals surface area contributed by atoms with Crippen molar-refractivity contribution in [2.75, 3.05) is 19.6 Å². The summed E-state index contributed by atoms with van der Waals surface area (Å²) in [7, 11) is 0. The van der Waals surface area contributed by atoms with E-state index in [2.05, 4.69) is 12.1 Å². The topological polar surface area (TPSA) is 122 Å². The fourth-order valence-electron chi connectivity index (χ4n) is 4.93. The van der Waals surface area contributed by atoms with E-state index < -0.39 is 24.0 Å². The van der Waals surface area contributed by atoms with Gasteiger partial charge in [0.05, 0.1) is 23.0 Å². The van der Waals surface area contributed by atoms with Gasteiger partial charge in [-0.2, -0.15) is 0 Å². The Balaban J connectivity index is 1.70. The average molecular weight is 492 g/mol. The molecule has 0 bridgehead atoms. The number of benzene rings is 2. The first-order valence-corrected chi connectivity index (χ1v) is 12.3. The van der Waals surface area contributed by atoms with Gasteiger partial charge in [0.2, 0.25) is 5.91 Å². The summed E-state index contributed by atoms with van der Waals surface area (Å²) in [6, 6.07) is 17.2. The number of carbonyl (C=O) groups is 3. The Hall–Kier alpha value is -3.88. The Morgan fingerprint density at radius 1 is 1.08 bits per heavy atom. The van der Waals surface area contributed by atoms with Crippen molar-refractivity contribution in [2.24, 2.45) is 17.6 Å². The largest absolute Gasteiger partial charge is 0.465 e. The minimum Gasteiger partial charge on any atom is -0.465 e. The second-order valence-electron chi connectivity index (χ2n) is 9.84. The number of para-hydroxylation sites is 2. The number of imidazole rings is 1. The van der Waals surface area contributed by atoms with Gasteiger partial charge in [-0.25, -0.2) is 9.78 Å². The molecule has 4 rings (SSSR count). The van der Waals surface area contributed by atoms with Gasteiger partial charge >= 0.3 is 6.09 Å². The number of fused-ring (bicyclic) bond motifs is 1.